The van der Waals surface area contributed by atoms with Crippen molar-refractivity contribution in [3.63, 3.8) is 0 Å². The number of carbonyl (C=O) groups excluding carboxylic acids is 1. The molecule has 2 rings (SSSR count). The number of aliphatic imine (C=N–C) groups is 1. The SMILES string of the molecule is COc1cc(CCN=C(N)N2CCN(C(=O)OC(C)(C)C)CC2)ccc1C.I. The van der Waals surface area contributed by atoms with E-state index in [1.807, 2.05) is 38.7 Å². The summed E-state index contributed by atoms with van der Waals surface area (Å²) < 4.78 is 10.8. The van der Waals surface area contributed by atoms with E-state index in [1.165, 1.54) is 5.56 Å². The number of guanidine groups is 1. The Bertz CT molecular complexity index is 681. The van der Waals surface area contributed by atoms with Crippen LogP contribution in [0.5, 0.6) is 5.75 Å². The van der Waals surface area contributed by atoms with Gasteiger partial charge < -0.3 is 25.0 Å². The van der Waals surface area contributed by atoms with Crippen LogP contribution < -0.4 is 10.5 Å². The molecule has 1 saturated heterocycles. The third-order valence-corrected chi connectivity index (χ3v) is 4.40. The summed E-state index contributed by atoms with van der Waals surface area (Å²) in [4.78, 5) is 20.3. The monoisotopic (exact) mass is 504 g/mol. The van der Waals surface area contributed by atoms with E-state index >= 15 is 0 Å². The normalized spacial score (nSPS) is 15.1. The number of piperazine rings is 1. The number of hydrogen-bond acceptors (Lipinski definition) is 4. The first-order chi connectivity index (χ1) is 12.7. The summed E-state index contributed by atoms with van der Waals surface area (Å²) in [5.41, 5.74) is 7.94. The van der Waals surface area contributed by atoms with Gasteiger partial charge in [0.25, 0.3) is 0 Å². The maximum atomic E-state index is 12.1. The smallest absolute Gasteiger partial charge is 0.410 e. The first kappa shape index (κ1) is 24.3. The predicted molar refractivity (Wildman–Crippen MR) is 123 cm³/mol. The molecule has 0 unspecified atom stereocenters. The van der Waals surface area contributed by atoms with Gasteiger partial charge in [-0.3, -0.25) is 4.99 Å². The lowest BCUT2D eigenvalue weighted by molar-refractivity contribution is 0.0186. The Balaban J connectivity index is 0.00000392. The zero-order chi connectivity index (χ0) is 20.0. The molecule has 0 spiro atoms. The summed E-state index contributed by atoms with van der Waals surface area (Å²) in [7, 11) is 1.68. The third-order valence-electron chi connectivity index (χ3n) is 4.40. The number of rotatable bonds is 4. The summed E-state index contributed by atoms with van der Waals surface area (Å²) in [6, 6.07) is 6.18. The number of halogens is 1. The van der Waals surface area contributed by atoms with Gasteiger partial charge in [0.2, 0.25) is 0 Å². The standard InChI is InChI=1S/C20H32N4O3.HI/c1-15-6-7-16(14-17(15)26-5)8-9-22-18(21)23-10-12-24(13-11-23)19(25)27-20(2,3)4;/h6-7,14H,8-13H2,1-5H3,(H2,21,22);1H. The maximum absolute atomic E-state index is 12.1. The number of carbonyl (C=O) groups is 1. The van der Waals surface area contributed by atoms with Gasteiger partial charge in [0, 0.05) is 32.7 Å². The van der Waals surface area contributed by atoms with E-state index in [0.29, 0.717) is 38.7 Å². The van der Waals surface area contributed by atoms with Gasteiger partial charge in [-0.25, -0.2) is 4.79 Å². The number of hydrogen-bond donors (Lipinski definition) is 1. The van der Waals surface area contributed by atoms with Gasteiger partial charge in [0.05, 0.1) is 7.11 Å². The zero-order valence-electron chi connectivity index (χ0n) is 17.5. The molecule has 8 heteroatoms. The van der Waals surface area contributed by atoms with Gasteiger partial charge in [0.1, 0.15) is 11.4 Å². The van der Waals surface area contributed by atoms with Gasteiger partial charge in [-0.2, -0.15) is 0 Å². The topological polar surface area (TPSA) is 80.4 Å². The molecule has 1 amide bonds. The number of methoxy groups -OCH3 is 1. The highest BCUT2D eigenvalue weighted by molar-refractivity contribution is 14.0. The van der Waals surface area contributed by atoms with Crippen LogP contribution >= 0.6 is 24.0 Å². The van der Waals surface area contributed by atoms with Crippen LogP contribution in [-0.4, -0.2) is 67.3 Å². The first-order valence-corrected chi connectivity index (χ1v) is 9.36. The largest absolute Gasteiger partial charge is 0.496 e. The number of amides is 1. The molecule has 1 heterocycles. The van der Waals surface area contributed by atoms with Crippen molar-refractivity contribution in [2.24, 2.45) is 10.7 Å². The lowest BCUT2D eigenvalue weighted by Gasteiger charge is -2.36. The molecule has 1 aliphatic heterocycles. The van der Waals surface area contributed by atoms with Crippen LogP contribution in [0.25, 0.3) is 0 Å². The molecule has 158 valence electrons. The molecule has 2 N–H and O–H groups in total. The van der Waals surface area contributed by atoms with E-state index in [4.69, 9.17) is 15.2 Å². The summed E-state index contributed by atoms with van der Waals surface area (Å²) in [6.45, 7) is 10.7. The number of aryl methyl sites for hydroxylation is 1. The average molecular weight is 504 g/mol. The Labute approximate surface area is 185 Å². The molecule has 1 fully saturated rings. The second kappa shape index (κ2) is 10.7. The van der Waals surface area contributed by atoms with Gasteiger partial charge in [-0.15, -0.1) is 24.0 Å². The molecule has 1 aromatic carbocycles. The van der Waals surface area contributed by atoms with Crippen molar-refractivity contribution in [3.05, 3.63) is 29.3 Å². The quantitative estimate of drug-likeness (QED) is 0.388. The van der Waals surface area contributed by atoms with Crippen molar-refractivity contribution in [1.29, 1.82) is 0 Å². The molecule has 0 atom stereocenters. The van der Waals surface area contributed by atoms with E-state index in [-0.39, 0.29) is 30.1 Å². The van der Waals surface area contributed by atoms with Crippen molar-refractivity contribution in [2.75, 3.05) is 39.8 Å². The fourth-order valence-corrected chi connectivity index (χ4v) is 2.86. The average Bonchev–Trinajstić information content (AvgIpc) is 2.61. The Morgan fingerprint density at radius 1 is 1.18 bits per heavy atom. The fourth-order valence-electron chi connectivity index (χ4n) is 2.86. The highest BCUT2D eigenvalue weighted by atomic mass is 127. The van der Waals surface area contributed by atoms with Crippen molar-refractivity contribution >= 4 is 36.0 Å². The third kappa shape index (κ3) is 7.37. The number of benzene rings is 1. The first-order valence-electron chi connectivity index (χ1n) is 9.36. The fraction of sp³-hybridized carbons (Fsp3) is 0.600. The number of ether oxygens (including phenoxy) is 2. The Kier molecular flexibility index (Phi) is 9.32. The molecule has 28 heavy (non-hydrogen) atoms. The molecule has 0 aliphatic carbocycles. The van der Waals surface area contributed by atoms with Crippen molar-refractivity contribution in [3.8, 4) is 5.75 Å². The predicted octanol–water partition coefficient (Wildman–Crippen LogP) is 3.03. The summed E-state index contributed by atoms with van der Waals surface area (Å²) in [6.07, 6.45) is 0.529. The molecule has 0 saturated carbocycles. The molecule has 7 nitrogen and oxygen atoms in total. The Morgan fingerprint density at radius 3 is 2.36 bits per heavy atom. The maximum Gasteiger partial charge on any atom is 0.410 e. The van der Waals surface area contributed by atoms with Gasteiger partial charge in [0.15, 0.2) is 5.96 Å². The van der Waals surface area contributed by atoms with Crippen LogP contribution in [0.15, 0.2) is 23.2 Å². The van der Waals surface area contributed by atoms with Gasteiger partial charge >= 0.3 is 6.09 Å². The molecule has 0 aromatic heterocycles. The van der Waals surface area contributed by atoms with Crippen LogP contribution in [0.1, 0.15) is 31.9 Å². The van der Waals surface area contributed by atoms with Crippen LogP contribution in [0.4, 0.5) is 4.79 Å². The van der Waals surface area contributed by atoms with E-state index in [9.17, 15) is 4.79 Å². The minimum absolute atomic E-state index is 0. The molecule has 1 aliphatic rings. The lowest BCUT2D eigenvalue weighted by atomic mass is 10.1. The molecule has 0 bridgehead atoms. The van der Waals surface area contributed by atoms with Crippen LogP contribution in [0, 0.1) is 6.92 Å². The van der Waals surface area contributed by atoms with Crippen molar-refractivity contribution in [2.45, 2.75) is 39.7 Å². The van der Waals surface area contributed by atoms with E-state index in [0.717, 1.165) is 17.7 Å². The Hall–Kier alpha value is -1.71. The number of nitrogens with two attached hydrogens (primary N) is 1. The second-order valence-corrected chi connectivity index (χ2v) is 7.75. The van der Waals surface area contributed by atoms with Gasteiger partial charge in [-0.05, 0) is 51.3 Å². The number of nitrogens with zero attached hydrogens (tertiary/aromatic N) is 3. The second-order valence-electron chi connectivity index (χ2n) is 7.75. The lowest BCUT2D eigenvalue weighted by Crippen LogP contribution is -2.53. The summed E-state index contributed by atoms with van der Waals surface area (Å²) in [5.74, 6) is 1.42. The van der Waals surface area contributed by atoms with Crippen molar-refractivity contribution in [1.82, 2.24) is 9.80 Å². The molecular formula is C20H33IN4O3. The minimum Gasteiger partial charge on any atom is -0.496 e. The summed E-state index contributed by atoms with van der Waals surface area (Å²) >= 11 is 0. The summed E-state index contributed by atoms with van der Waals surface area (Å²) in [5, 5.41) is 0. The van der Waals surface area contributed by atoms with E-state index < -0.39 is 5.60 Å². The molecular weight excluding hydrogens is 471 g/mol. The van der Waals surface area contributed by atoms with Crippen molar-refractivity contribution < 1.29 is 14.3 Å². The van der Waals surface area contributed by atoms with Crippen LogP contribution in [-0.2, 0) is 11.2 Å². The Morgan fingerprint density at radius 2 is 1.79 bits per heavy atom. The van der Waals surface area contributed by atoms with E-state index in [1.54, 1.807) is 12.0 Å². The van der Waals surface area contributed by atoms with E-state index in [2.05, 4.69) is 17.1 Å². The van der Waals surface area contributed by atoms with Crippen LogP contribution in [0.2, 0.25) is 0 Å². The van der Waals surface area contributed by atoms with Gasteiger partial charge in [-0.1, -0.05) is 12.1 Å². The van der Waals surface area contributed by atoms with Crippen LogP contribution in [0.3, 0.4) is 0 Å². The highest BCUT2D eigenvalue weighted by Gasteiger charge is 2.26. The molecule has 1 aromatic rings. The zero-order valence-corrected chi connectivity index (χ0v) is 19.9. The molecule has 0 radical (unpaired) electrons. The minimum atomic E-state index is -0.479. The highest BCUT2D eigenvalue weighted by Crippen LogP contribution is 2.19.